The van der Waals surface area contributed by atoms with E-state index in [1.807, 2.05) is 32.0 Å². The van der Waals surface area contributed by atoms with Crippen LogP contribution in [-0.4, -0.2) is 17.3 Å². The summed E-state index contributed by atoms with van der Waals surface area (Å²) >= 11 is 3.48. The maximum atomic E-state index is 6.28. The number of halogens is 1. The van der Waals surface area contributed by atoms with Crippen molar-refractivity contribution in [2.75, 3.05) is 7.11 Å². The zero-order chi connectivity index (χ0) is 14.8. The van der Waals surface area contributed by atoms with Gasteiger partial charge in [0.2, 0.25) is 0 Å². The van der Waals surface area contributed by atoms with E-state index < -0.39 is 5.54 Å². The van der Waals surface area contributed by atoms with Gasteiger partial charge in [0.05, 0.1) is 18.2 Å². The summed E-state index contributed by atoms with van der Waals surface area (Å²) in [7, 11) is 1.62. The fourth-order valence-corrected chi connectivity index (χ4v) is 2.31. The second-order valence-corrected chi connectivity index (χ2v) is 5.49. The van der Waals surface area contributed by atoms with Crippen LogP contribution in [0.2, 0.25) is 0 Å². The summed E-state index contributed by atoms with van der Waals surface area (Å²) in [6.45, 7) is 4.03. The molecule has 0 amide bonds. The van der Waals surface area contributed by atoms with E-state index >= 15 is 0 Å². The summed E-state index contributed by atoms with van der Waals surface area (Å²) < 4.78 is 11.4. The lowest BCUT2D eigenvalue weighted by molar-refractivity contribution is 0.350. The average Bonchev–Trinajstić information content (AvgIpc) is 2.97. The highest BCUT2D eigenvalue weighted by Crippen LogP contribution is 2.32. The maximum Gasteiger partial charge on any atom is 0.259 e. The lowest BCUT2D eigenvalue weighted by Crippen LogP contribution is -2.36. The van der Waals surface area contributed by atoms with Gasteiger partial charge in [-0.05, 0) is 47.0 Å². The number of nitrogens with zero attached hydrogens (tertiary/aromatic N) is 2. The van der Waals surface area contributed by atoms with Gasteiger partial charge in [0.25, 0.3) is 5.89 Å². The molecular weight excluding hydrogens is 322 g/mol. The van der Waals surface area contributed by atoms with Crippen molar-refractivity contribution in [2.24, 2.45) is 5.73 Å². The lowest BCUT2D eigenvalue weighted by Gasteiger charge is -2.21. The summed E-state index contributed by atoms with van der Waals surface area (Å²) in [5.41, 5.74) is 6.52. The van der Waals surface area contributed by atoms with Gasteiger partial charge in [-0.15, -0.1) is 0 Å². The minimum Gasteiger partial charge on any atom is -0.497 e. The number of aromatic nitrogens is 2. The van der Waals surface area contributed by atoms with E-state index in [2.05, 4.69) is 26.1 Å². The fourth-order valence-electron chi connectivity index (χ4n) is 1.90. The molecule has 2 N–H and O–H groups in total. The van der Waals surface area contributed by atoms with Gasteiger partial charge in [0.15, 0.2) is 5.82 Å². The molecule has 108 valence electrons. The molecule has 0 aliphatic heterocycles. The lowest BCUT2D eigenvalue weighted by atomic mass is 9.93. The monoisotopic (exact) mass is 339 g/mol. The molecule has 2 rings (SSSR count). The smallest absolute Gasteiger partial charge is 0.259 e. The van der Waals surface area contributed by atoms with Crippen LogP contribution in [-0.2, 0) is 5.54 Å². The number of ether oxygens (including phenoxy) is 1. The third-order valence-corrected chi connectivity index (χ3v) is 4.23. The van der Waals surface area contributed by atoms with E-state index in [9.17, 15) is 0 Å². The van der Waals surface area contributed by atoms with Gasteiger partial charge in [0.1, 0.15) is 5.75 Å². The molecule has 1 aromatic heterocycles. The summed E-state index contributed by atoms with van der Waals surface area (Å²) in [5.74, 6) is 1.70. The molecule has 0 spiro atoms. The molecule has 0 saturated carbocycles. The third kappa shape index (κ3) is 2.71. The number of benzene rings is 1. The molecule has 0 radical (unpaired) electrons. The predicted molar refractivity (Wildman–Crippen MR) is 80.4 cm³/mol. The second-order valence-electron chi connectivity index (χ2n) is 4.63. The molecule has 1 aromatic carbocycles. The van der Waals surface area contributed by atoms with Crippen molar-refractivity contribution in [1.29, 1.82) is 0 Å². The van der Waals surface area contributed by atoms with Crippen LogP contribution in [0.4, 0.5) is 0 Å². The minimum atomic E-state index is -0.549. The third-order valence-electron chi connectivity index (χ3n) is 3.54. The highest BCUT2D eigenvalue weighted by Gasteiger charge is 2.29. The average molecular weight is 340 g/mol. The minimum absolute atomic E-state index is 0.433. The number of nitrogens with two attached hydrogens (primary N) is 1. The van der Waals surface area contributed by atoms with Gasteiger partial charge in [0, 0.05) is 4.47 Å². The van der Waals surface area contributed by atoms with Crippen LogP contribution in [0.15, 0.2) is 27.2 Å². The summed E-state index contributed by atoms with van der Waals surface area (Å²) in [4.78, 5) is 4.44. The van der Waals surface area contributed by atoms with Crippen molar-refractivity contribution in [3.8, 4) is 17.2 Å². The molecule has 6 heteroatoms. The van der Waals surface area contributed by atoms with Gasteiger partial charge in [-0.1, -0.05) is 19.0 Å². The van der Waals surface area contributed by atoms with E-state index in [0.717, 1.165) is 28.6 Å². The van der Waals surface area contributed by atoms with Crippen LogP contribution < -0.4 is 10.5 Å². The SMILES string of the molecule is CCC(N)(CC)c1noc(-c2cc(OC)ccc2Br)n1. The number of hydrogen-bond donors (Lipinski definition) is 1. The van der Waals surface area contributed by atoms with E-state index in [0.29, 0.717) is 11.7 Å². The standard InChI is InChI=1S/C14H18BrN3O2/c1-4-14(16,5-2)13-17-12(20-18-13)10-8-9(19-3)6-7-11(10)15/h6-8H,4-5,16H2,1-3H3. The zero-order valence-electron chi connectivity index (χ0n) is 11.8. The Morgan fingerprint density at radius 3 is 2.65 bits per heavy atom. The maximum absolute atomic E-state index is 6.28. The van der Waals surface area contributed by atoms with Crippen LogP contribution in [0.5, 0.6) is 5.75 Å². The molecule has 0 bridgehead atoms. The first-order chi connectivity index (χ1) is 9.54. The van der Waals surface area contributed by atoms with Crippen LogP contribution >= 0.6 is 15.9 Å². The van der Waals surface area contributed by atoms with E-state index in [4.69, 9.17) is 15.0 Å². The second kappa shape index (κ2) is 5.93. The van der Waals surface area contributed by atoms with Crippen molar-refractivity contribution >= 4 is 15.9 Å². The first kappa shape index (κ1) is 15.0. The van der Waals surface area contributed by atoms with Gasteiger partial charge < -0.3 is 15.0 Å². The van der Waals surface area contributed by atoms with Gasteiger partial charge in [-0.2, -0.15) is 4.98 Å². The fraction of sp³-hybridized carbons (Fsp3) is 0.429. The summed E-state index contributed by atoms with van der Waals surface area (Å²) in [5, 5.41) is 4.03. The highest BCUT2D eigenvalue weighted by atomic mass is 79.9. The van der Waals surface area contributed by atoms with Crippen LogP contribution in [0, 0.1) is 0 Å². The molecule has 20 heavy (non-hydrogen) atoms. The molecule has 0 atom stereocenters. The Bertz CT molecular complexity index is 594. The van der Waals surface area contributed by atoms with Crippen LogP contribution in [0.3, 0.4) is 0 Å². The number of rotatable bonds is 5. The molecule has 5 nitrogen and oxygen atoms in total. The number of hydrogen-bond acceptors (Lipinski definition) is 5. The Kier molecular flexibility index (Phi) is 4.45. The molecule has 0 aliphatic rings. The first-order valence-electron chi connectivity index (χ1n) is 6.51. The van der Waals surface area contributed by atoms with Crippen LogP contribution in [0.25, 0.3) is 11.5 Å². The largest absolute Gasteiger partial charge is 0.497 e. The topological polar surface area (TPSA) is 74.2 Å². The Labute approximate surface area is 126 Å². The number of methoxy groups -OCH3 is 1. The zero-order valence-corrected chi connectivity index (χ0v) is 13.4. The summed E-state index contributed by atoms with van der Waals surface area (Å²) in [6, 6.07) is 5.58. The molecule has 0 unspecified atom stereocenters. The van der Waals surface area contributed by atoms with Gasteiger partial charge in [-0.3, -0.25) is 0 Å². The molecule has 0 aliphatic carbocycles. The van der Waals surface area contributed by atoms with Crippen LogP contribution in [0.1, 0.15) is 32.5 Å². The molecule has 0 saturated heterocycles. The summed E-state index contributed by atoms with van der Waals surface area (Å²) in [6.07, 6.45) is 1.50. The quantitative estimate of drug-likeness (QED) is 0.902. The van der Waals surface area contributed by atoms with Crippen molar-refractivity contribution in [3.63, 3.8) is 0 Å². The van der Waals surface area contributed by atoms with E-state index in [-0.39, 0.29) is 0 Å². The Balaban J connectivity index is 2.43. The van der Waals surface area contributed by atoms with Gasteiger partial charge in [-0.25, -0.2) is 0 Å². The first-order valence-corrected chi connectivity index (χ1v) is 7.30. The van der Waals surface area contributed by atoms with Gasteiger partial charge >= 0.3 is 0 Å². The molecule has 1 heterocycles. The Morgan fingerprint density at radius 2 is 2.05 bits per heavy atom. The highest BCUT2D eigenvalue weighted by molar-refractivity contribution is 9.10. The van der Waals surface area contributed by atoms with Crippen molar-refractivity contribution in [1.82, 2.24) is 10.1 Å². The molecule has 0 fully saturated rings. The van der Waals surface area contributed by atoms with E-state index in [1.165, 1.54) is 0 Å². The van der Waals surface area contributed by atoms with Crippen molar-refractivity contribution in [3.05, 3.63) is 28.5 Å². The Morgan fingerprint density at radius 1 is 1.35 bits per heavy atom. The normalized spacial score (nSPS) is 11.7. The molecular formula is C14H18BrN3O2. The van der Waals surface area contributed by atoms with Crippen molar-refractivity contribution < 1.29 is 9.26 Å². The Hall–Kier alpha value is -1.40. The predicted octanol–water partition coefficient (Wildman–Crippen LogP) is 3.48. The molecule has 2 aromatic rings. The van der Waals surface area contributed by atoms with Crippen molar-refractivity contribution in [2.45, 2.75) is 32.2 Å². The van der Waals surface area contributed by atoms with E-state index in [1.54, 1.807) is 7.11 Å².